The van der Waals surface area contributed by atoms with E-state index in [9.17, 15) is 14.6 Å². The second-order valence-corrected chi connectivity index (χ2v) is 15.5. The van der Waals surface area contributed by atoms with Crippen LogP contribution in [0.15, 0.2) is 36.0 Å². The van der Waals surface area contributed by atoms with Crippen LogP contribution in [0.1, 0.15) is 12.5 Å². The zero-order valence-electron chi connectivity index (χ0n) is 21.9. The number of hydrogen-bond donors (Lipinski definition) is 4. The van der Waals surface area contributed by atoms with Crippen LogP contribution in [0.25, 0.3) is 22.3 Å². The highest BCUT2D eigenvalue weighted by molar-refractivity contribution is 8.07. The quantitative estimate of drug-likeness (QED) is 0.214. The van der Waals surface area contributed by atoms with E-state index in [2.05, 4.69) is 24.9 Å². The van der Waals surface area contributed by atoms with Gasteiger partial charge in [0.05, 0.1) is 37.9 Å². The summed E-state index contributed by atoms with van der Waals surface area (Å²) in [5.41, 5.74) is 6.14. The number of H-pyrrole nitrogens is 1. The van der Waals surface area contributed by atoms with Crippen molar-refractivity contribution in [2.75, 3.05) is 18.9 Å². The molecule has 23 heteroatoms. The van der Waals surface area contributed by atoms with E-state index in [4.69, 9.17) is 56.9 Å². The van der Waals surface area contributed by atoms with Crippen LogP contribution in [-0.2, 0) is 51.2 Å². The van der Waals surface area contributed by atoms with Crippen LogP contribution >= 0.6 is 13.4 Å². The topological polar surface area (TPSA) is 216 Å². The summed E-state index contributed by atoms with van der Waals surface area (Å²) in [6, 6.07) is 1.53. The smallest absolute Gasteiger partial charge is 0.325 e. The Hall–Kier alpha value is -2.39. The molecule has 3 aliphatic rings. The van der Waals surface area contributed by atoms with E-state index in [-0.39, 0.29) is 16.8 Å². The highest BCUT2D eigenvalue weighted by atomic mass is 32.5. The zero-order chi connectivity index (χ0) is 31.0. The number of hydrogen-bond acceptors (Lipinski definition) is 14. The van der Waals surface area contributed by atoms with Crippen LogP contribution in [-0.4, -0.2) is 93.8 Å². The van der Waals surface area contributed by atoms with Crippen molar-refractivity contribution in [3.63, 3.8) is 0 Å². The fourth-order valence-corrected chi connectivity index (χ4v) is 8.12. The van der Waals surface area contributed by atoms with Gasteiger partial charge in [0.1, 0.15) is 29.9 Å². The van der Waals surface area contributed by atoms with Crippen molar-refractivity contribution >= 4 is 65.1 Å². The van der Waals surface area contributed by atoms with Crippen molar-refractivity contribution in [1.29, 1.82) is 0 Å². The lowest BCUT2D eigenvalue weighted by molar-refractivity contribution is -0.0583. The molecule has 0 aromatic carbocycles. The van der Waals surface area contributed by atoms with E-state index in [1.807, 2.05) is 0 Å². The maximum atomic E-state index is 16.0. The largest absolute Gasteiger partial charge is 0.397 e. The maximum absolute atomic E-state index is 16.0. The van der Waals surface area contributed by atoms with Gasteiger partial charge in [-0.1, -0.05) is 0 Å². The first-order valence-electron chi connectivity index (χ1n) is 12.8. The molecule has 0 radical (unpaired) electrons. The Morgan fingerprint density at radius 1 is 0.886 bits per heavy atom. The Morgan fingerprint density at radius 3 is 1.98 bits per heavy atom. The number of fused-ring (bicyclic) bond motifs is 4. The molecule has 3 fully saturated rings. The fourth-order valence-electron chi connectivity index (χ4n) is 5.25. The number of nitrogens with two attached hydrogens (primary N) is 1. The SMILES string of the molecule is Nc1ccnc2c1ncn2C1OC2COP(O)(=S)O[C@@H]3C(COP(O)(=S)O[C@H]2[C@H]1F)OC(n1cnc2c(=O)[nH]cnc21)[C@@H]3F. The molecule has 5 N–H and O–H groups in total. The third-order valence-corrected chi connectivity index (χ3v) is 10.4. The van der Waals surface area contributed by atoms with Crippen LogP contribution < -0.4 is 11.3 Å². The molecular weight excluding hydrogens is 672 g/mol. The van der Waals surface area contributed by atoms with Gasteiger partial charge >= 0.3 is 13.4 Å². The van der Waals surface area contributed by atoms with Crippen LogP contribution in [0.2, 0.25) is 0 Å². The van der Waals surface area contributed by atoms with Crippen LogP contribution in [0.3, 0.4) is 0 Å². The molecule has 0 saturated carbocycles. The molecule has 0 amide bonds. The van der Waals surface area contributed by atoms with Crippen molar-refractivity contribution in [3.05, 3.63) is 41.6 Å². The summed E-state index contributed by atoms with van der Waals surface area (Å²) in [6.45, 7) is -9.74. The van der Waals surface area contributed by atoms with Crippen LogP contribution in [0, 0.1) is 0 Å². The monoisotopic (exact) mass is 694 g/mol. The number of ether oxygens (including phenoxy) is 2. The van der Waals surface area contributed by atoms with Gasteiger partial charge in [-0.05, 0) is 29.7 Å². The van der Waals surface area contributed by atoms with Crippen molar-refractivity contribution in [3.8, 4) is 0 Å². The lowest BCUT2D eigenvalue weighted by Gasteiger charge is -2.29. The molecule has 7 heterocycles. The number of nitrogen functional groups attached to an aromatic ring is 1. The third-order valence-electron chi connectivity index (χ3n) is 7.25. The minimum atomic E-state index is -4.25. The van der Waals surface area contributed by atoms with Gasteiger partial charge in [0.25, 0.3) is 5.56 Å². The summed E-state index contributed by atoms with van der Waals surface area (Å²) < 4.78 is 68.1. The number of pyridine rings is 1. The van der Waals surface area contributed by atoms with Gasteiger partial charge in [-0.15, -0.1) is 0 Å². The van der Waals surface area contributed by atoms with Crippen LogP contribution in [0.5, 0.6) is 0 Å². The average Bonchev–Trinajstić information content (AvgIpc) is 3.73. The second kappa shape index (κ2) is 11.1. The summed E-state index contributed by atoms with van der Waals surface area (Å²) in [6.07, 6.45) is -7.79. The van der Waals surface area contributed by atoms with Gasteiger partial charge in [-0.2, -0.15) is 0 Å². The number of nitrogens with one attached hydrogen (secondary N) is 1. The van der Waals surface area contributed by atoms with Gasteiger partial charge in [0.2, 0.25) is 0 Å². The molecule has 10 atom stereocenters. The van der Waals surface area contributed by atoms with E-state index in [0.29, 0.717) is 11.2 Å². The fraction of sp³-hybridized carbons (Fsp3) is 0.476. The molecule has 0 bridgehead atoms. The minimum Gasteiger partial charge on any atom is -0.397 e. The Labute approximate surface area is 254 Å². The zero-order valence-corrected chi connectivity index (χ0v) is 25.3. The molecule has 3 aliphatic heterocycles. The molecular formula is C21H22F2N8O9P2S2. The van der Waals surface area contributed by atoms with E-state index < -0.39 is 81.4 Å². The highest BCUT2D eigenvalue weighted by Gasteiger charge is 2.53. The van der Waals surface area contributed by atoms with Gasteiger partial charge in [-0.25, -0.2) is 28.7 Å². The van der Waals surface area contributed by atoms with Crippen LogP contribution in [0.4, 0.5) is 14.5 Å². The van der Waals surface area contributed by atoms with Crippen molar-refractivity contribution in [2.45, 2.75) is 49.2 Å². The third kappa shape index (κ3) is 5.29. The lowest BCUT2D eigenvalue weighted by Crippen LogP contribution is -2.37. The first-order valence-corrected chi connectivity index (χ1v) is 18.0. The van der Waals surface area contributed by atoms with Gasteiger partial charge in [0, 0.05) is 6.20 Å². The number of rotatable bonds is 2. The predicted octanol–water partition coefficient (Wildman–Crippen LogP) is 0.868. The van der Waals surface area contributed by atoms with Gasteiger partial charge in [0.15, 0.2) is 41.6 Å². The van der Waals surface area contributed by atoms with Crippen molar-refractivity contribution < 1.29 is 46.1 Å². The molecule has 4 aromatic heterocycles. The first-order chi connectivity index (χ1) is 20.9. The number of nitrogens with zero attached hydrogens (tertiary/aromatic N) is 6. The Kier molecular flexibility index (Phi) is 7.67. The molecule has 236 valence electrons. The number of halogens is 2. The summed E-state index contributed by atoms with van der Waals surface area (Å²) in [4.78, 5) is 52.6. The minimum absolute atomic E-state index is 0.00648. The first kappa shape index (κ1) is 30.3. The Morgan fingerprint density at radius 2 is 1.41 bits per heavy atom. The lowest BCUT2D eigenvalue weighted by atomic mass is 10.1. The molecule has 7 rings (SSSR count). The second-order valence-electron chi connectivity index (χ2n) is 9.97. The van der Waals surface area contributed by atoms with Gasteiger partial charge in [-0.3, -0.25) is 23.0 Å². The number of imidazole rings is 2. The normalized spacial score (nSPS) is 38.3. The Bertz CT molecular complexity index is 1900. The van der Waals surface area contributed by atoms with E-state index in [1.165, 1.54) is 23.2 Å². The average molecular weight is 695 g/mol. The molecule has 3 saturated heterocycles. The molecule has 44 heavy (non-hydrogen) atoms. The molecule has 0 spiro atoms. The number of alkyl halides is 2. The van der Waals surface area contributed by atoms with Crippen molar-refractivity contribution in [1.82, 2.24) is 34.1 Å². The van der Waals surface area contributed by atoms with E-state index >= 15 is 8.78 Å². The predicted molar refractivity (Wildman–Crippen MR) is 152 cm³/mol. The highest BCUT2D eigenvalue weighted by Crippen LogP contribution is 2.54. The molecule has 6 unspecified atom stereocenters. The number of anilines is 1. The summed E-state index contributed by atoms with van der Waals surface area (Å²) >= 11 is 10.3. The summed E-state index contributed by atoms with van der Waals surface area (Å²) in [5.74, 6) is 0. The van der Waals surface area contributed by atoms with E-state index in [1.54, 1.807) is 0 Å². The van der Waals surface area contributed by atoms with Gasteiger partial charge < -0.3 is 39.0 Å². The maximum Gasteiger partial charge on any atom is 0.325 e. The number of aromatic nitrogens is 7. The Balaban J connectivity index is 1.17. The summed E-state index contributed by atoms with van der Waals surface area (Å²) in [7, 11) is 0. The molecule has 4 aromatic rings. The van der Waals surface area contributed by atoms with E-state index in [0.717, 1.165) is 17.2 Å². The summed E-state index contributed by atoms with van der Waals surface area (Å²) in [5, 5.41) is 0. The van der Waals surface area contributed by atoms with Crippen molar-refractivity contribution in [2.24, 2.45) is 0 Å². The molecule has 0 aliphatic carbocycles. The number of aromatic amines is 1. The molecule has 17 nitrogen and oxygen atoms in total. The standard InChI is InChI=1S/C21H22F2N8O9P2S2/c22-11-15-9(37-20(11)30-6-28-13-8(24)1-2-25-17(13)30)3-35-42(34,44)40-16-10(4-36-41(33,43)39-15)38-21(12(16)23)31-7-29-14-18(31)26-5-27-19(14)32/h1-2,5-7,9-12,15-16,20-21H,3-4H2,(H2,24,25)(H,33,43)(H,34,44)(H,26,27,32)/t9?,10?,11-,12-,15-,16-,20?,21?,41?,42?/m1/s1.